The van der Waals surface area contributed by atoms with Gasteiger partial charge in [0.15, 0.2) is 0 Å². The number of guanidine groups is 1. The zero-order chi connectivity index (χ0) is 16.5. The average Bonchev–Trinajstić information content (AvgIpc) is 3.16. The van der Waals surface area contributed by atoms with Crippen molar-refractivity contribution >= 4 is 39.5 Å². The van der Waals surface area contributed by atoms with E-state index in [1.165, 1.54) is 0 Å². The lowest BCUT2D eigenvalue weighted by Gasteiger charge is -2.25. The first-order valence-corrected chi connectivity index (χ1v) is 8.84. The van der Waals surface area contributed by atoms with Gasteiger partial charge in [-0.15, -0.1) is 11.3 Å². The molecule has 124 valence electrons. The molecule has 2 aliphatic rings. The van der Waals surface area contributed by atoms with Crippen LogP contribution in [0.5, 0.6) is 0 Å². The number of likely N-dealkylation sites (N-methyl/N-ethyl adjacent to an activating group) is 1. The Kier molecular flexibility index (Phi) is 4.03. The fourth-order valence-corrected chi connectivity index (χ4v) is 3.61. The Morgan fingerprint density at radius 3 is 3.21 bits per heavy atom. The van der Waals surface area contributed by atoms with Crippen LogP contribution in [0.1, 0.15) is 18.4 Å². The fraction of sp³-hybridized carbons (Fsp3) is 0.353. The second-order valence-electron chi connectivity index (χ2n) is 5.97. The first-order chi connectivity index (χ1) is 11.7. The molecule has 0 aliphatic carbocycles. The largest absolute Gasteiger partial charge is 0.379 e. The standard InChI is InChI=1S/C17H18N4O2S/c1-21-16(22)14(20-17(21)19-12-3-2-6-23-9-12)7-11-4-5-13-15(8-11)24-10-18-13/h4-5,7-8,10,12H,2-3,6,9H2,1H3,(H,19,20)/b14-7-/t12-/m0/s1. The summed E-state index contributed by atoms with van der Waals surface area (Å²) in [6, 6.07) is 6.16. The van der Waals surface area contributed by atoms with Gasteiger partial charge in [-0.2, -0.15) is 0 Å². The molecule has 1 aromatic heterocycles. The second-order valence-corrected chi connectivity index (χ2v) is 6.85. The Bertz CT molecular complexity index is 836. The van der Waals surface area contributed by atoms with E-state index >= 15 is 0 Å². The Morgan fingerprint density at radius 1 is 1.46 bits per heavy atom. The molecule has 24 heavy (non-hydrogen) atoms. The quantitative estimate of drug-likeness (QED) is 0.850. The average molecular weight is 342 g/mol. The summed E-state index contributed by atoms with van der Waals surface area (Å²) in [6.45, 7) is 1.47. The third-order valence-corrected chi connectivity index (χ3v) is 5.01. The molecule has 0 spiro atoms. The fourth-order valence-electron chi connectivity index (χ4n) is 2.88. The molecule has 2 aromatic rings. The number of amides is 1. The lowest BCUT2D eigenvalue weighted by molar-refractivity contribution is -0.121. The molecule has 0 unspecified atom stereocenters. The van der Waals surface area contributed by atoms with Gasteiger partial charge in [0.25, 0.3) is 5.91 Å². The molecule has 1 amide bonds. The van der Waals surface area contributed by atoms with E-state index in [1.807, 2.05) is 29.8 Å². The summed E-state index contributed by atoms with van der Waals surface area (Å²) in [5, 5.41) is 3.32. The van der Waals surface area contributed by atoms with Crippen molar-refractivity contribution in [2.24, 2.45) is 4.99 Å². The van der Waals surface area contributed by atoms with Crippen LogP contribution < -0.4 is 5.32 Å². The van der Waals surface area contributed by atoms with Crippen LogP contribution in [0.15, 0.2) is 34.4 Å². The monoisotopic (exact) mass is 342 g/mol. The van der Waals surface area contributed by atoms with Gasteiger partial charge in [-0.3, -0.25) is 9.69 Å². The van der Waals surface area contributed by atoms with Gasteiger partial charge in [-0.25, -0.2) is 9.98 Å². The maximum Gasteiger partial charge on any atom is 0.279 e. The Morgan fingerprint density at radius 2 is 2.38 bits per heavy atom. The number of aromatic nitrogens is 1. The number of hydrogen-bond donors (Lipinski definition) is 1. The summed E-state index contributed by atoms with van der Waals surface area (Å²) >= 11 is 1.59. The molecule has 4 rings (SSSR count). The minimum atomic E-state index is -0.0985. The van der Waals surface area contributed by atoms with Crippen LogP contribution in [0.25, 0.3) is 16.3 Å². The van der Waals surface area contributed by atoms with Gasteiger partial charge in [0, 0.05) is 13.7 Å². The number of hydrogen-bond acceptors (Lipinski definition) is 6. The first kappa shape index (κ1) is 15.3. The van der Waals surface area contributed by atoms with Crippen molar-refractivity contribution in [2.45, 2.75) is 18.9 Å². The minimum absolute atomic E-state index is 0.0985. The Balaban J connectivity index is 1.58. The second kappa shape index (κ2) is 6.33. The SMILES string of the molecule is CN1C(=O)/C(=C/c2ccc3ncsc3c2)N=C1N[C@H]1CCCOC1. The highest BCUT2D eigenvalue weighted by Gasteiger charge is 2.29. The number of aliphatic imine (C=N–C) groups is 1. The van der Waals surface area contributed by atoms with E-state index in [9.17, 15) is 4.79 Å². The van der Waals surface area contributed by atoms with Crippen LogP contribution in [0, 0.1) is 0 Å². The van der Waals surface area contributed by atoms with E-state index in [1.54, 1.807) is 23.3 Å². The molecule has 7 heteroatoms. The predicted molar refractivity (Wildman–Crippen MR) is 94.8 cm³/mol. The number of nitrogens with zero attached hydrogens (tertiary/aromatic N) is 3. The lowest BCUT2D eigenvalue weighted by Crippen LogP contribution is -2.46. The van der Waals surface area contributed by atoms with Crippen LogP contribution in [0.2, 0.25) is 0 Å². The molecule has 1 fully saturated rings. The summed E-state index contributed by atoms with van der Waals surface area (Å²) < 4.78 is 6.57. The molecule has 1 saturated heterocycles. The zero-order valence-corrected chi connectivity index (χ0v) is 14.2. The molecule has 1 aromatic carbocycles. The van der Waals surface area contributed by atoms with Gasteiger partial charge in [0.1, 0.15) is 5.70 Å². The highest BCUT2D eigenvalue weighted by atomic mass is 32.1. The predicted octanol–water partition coefficient (Wildman–Crippen LogP) is 2.23. The van der Waals surface area contributed by atoms with Gasteiger partial charge in [-0.1, -0.05) is 6.07 Å². The van der Waals surface area contributed by atoms with Gasteiger partial charge in [0.2, 0.25) is 5.96 Å². The summed E-state index contributed by atoms with van der Waals surface area (Å²) in [5.41, 5.74) is 4.19. The number of fused-ring (bicyclic) bond motifs is 1. The van der Waals surface area contributed by atoms with E-state index in [2.05, 4.69) is 15.3 Å². The maximum atomic E-state index is 12.4. The normalized spacial score (nSPS) is 23.1. The van der Waals surface area contributed by atoms with Crippen LogP contribution in [0.4, 0.5) is 0 Å². The molecular formula is C17H18N4O2S. The molecule has 2 aliphatic heterocycles. The van der Waals surface area contributed by atoms with Crippen LogP contribution >= 0.6 is 11.3 Å². The number of carbonyl (C=O) groups excluding carboxylic acids is 1. The van der Waals surface area contributed by atoms with Crippen LogP contribution in [0.3, 0.4) is 0 Å². The molecule has 6 nitrogen and oxygen atoms in total. The summed E-state index contributed by atoms with van der Waals surface area (Å²) in [4.78, 5) is 22.8. The molecule has 0 radical (unpaired) electrons. The summed E-state index contributed by atoms with van der Waals surface area (Å²) in [5.74, 6) is 0.499. The van der Waals surface area contributed by atoms with Crippen molar-refractivity contribution < 1.29 is 9.53 Å². The zero-order valence-electron chi connectivity index (χ0n) is 13.4. The van der Waals surface area contributed by atoms with Crippen molar-refractivity contribution in [3.05, 3.63) is 35.0 Å². The molecule has 3 heterocycles. The third kappa shape index (κ3) is 2.92. The van der Waals surface area contributed by atoms with E-state index < -0.39 is 0 Å². The molecule has 1 N–H and O–H groups in total. The van der Waals surface area contributed by atoms with E-state index in [4.69, 9.17) is 4.74 Å². The number of ether oxygens (including phenoxy) is 1. The van der Waals surface area contributed by atoms with E-state index in [0.29, 0.717) is 18.3 Å². The van der Waals surface area contributed by atoms with Crippen molar-refractivity contribution in [3.8, 4) is 0 Å². The van der Waals surface area contributed by atoms with Crippen molar-refractivity contribution in [1.82, 2.24) is 15.2 Å². The molecule has 0 saturated carbocycles. The topological polar surface area (TPSA) is 66.8 Å². The van der Waals surface area contributed by atoms with Crippen LogP contribution in [-0.4, -0.2) is 48.1 Å². The number of carbonyl (C=O) groups is 1. The lowest BCUT2D eigenvalue weighted by atomic mass is 10.1. The molecule has 0 bridgehead atoms. The number of benzene rings is 1. The number of rotatable bonds is 2. The smallest absolute Gasteiger partial charge is 0.279 e. The maximum absolute atomic E-state index is 12.4. The van der Waals surface area contributed by atoms with E-state index in [-0.39, 0.29) is 11.9 Å². The summed E-state index contributed by atoms with van der Waals surface area (Å²) in [7, 11) is 1.74. The van der Waals surface area contributed by atoms with Crippen molar-refractivity contribution in [1.29, 1.82) is 0 Å². The van der Waals surface area contributed by atoms with Gasteiger partial charge in [0.05, 0.1) is 28.4 Å². The Labute approximate surface area is 143 Å². The molecule has 1 atom stereocenters. The Hall–Kier alpha value is -2.25. The van der Waals surface area contributed by atoms with Crippen molar-refractivity contribution in [2.75, 3.05) is 20.3 Å². The third-order valence-electron chi connectivity index (χ3n) is 4.22. The van der Waals surface area contributed by atoms with Crippen molar-refractivity contribution in [3.63, 3.8) is 0 Å². The number of nitrogens with one attached hydrogen (secondary N) is 1. The van der Waals surface area contributed by atoms with Crippen LogP contribution in [-0.2, 0) is 9.53 Å². The first-order valence-electron chi connectivity index (χ1n) is 7.97. The van der Waals surface area contributed by atoms with Gasteiger partial charge >= 0.3 is 0 Å². The van der Waals surface area contributed by atoms with Gasteiger partial charge < -0.3 is 10.1 Å². The summed E-state index contributed by atoms with van der Waals surface area (Å²) in [6.07, 6.45) is 3.88. The highest BCUT2D eigenvalue weighted by Crippen LogP contribution is 2.22. The van der Waals surface area contributed by atoms with E-state index in [0.717, 1.165) is 35.2 Å². The number of thiazole rings is 1. The highest BCUT2D eigenvalue weighted by molar-refractivity contribution is 7.16. The minimum Gasteiger partial charge on any atom is -0.379 e. The molecular weight excluding hydrogens is 324 g/mol. The van der Waals surface area contributed by atoms with Gasteiger partial charge in [-0.05, 0) is 36.6 Å².